The second kappa shape index (κ2) is 10.9. The number of piperidine rings is 1. The Balaban J connectivity index is 1.63. The molecule has 1 aromatic heterocycles. The second-order valence-corrected chi connectivity index (χ2v) is 8.53. The van der Waals surface area contributed by atoms with Crippen molar-refractivity contribution in [1.29, 1.82) is 0 Å². The Labute approximate surface area is 186 Å². The number of carbonyl (C=O) groups excluding carboxylic acids is 3. The summed E-state index contributed by atoms with van der Waals surface area (Å²) in [6, 6.07) is 10.0. The van der Waals surface area contributed by atoms with Gasteiger partial charge in [-0.3, -0.25) is 14.4 Å². The fourth-order valence-electron chi connectivity index (χ4n) is 3.73. The fourth-order valence-corrected chi connectivity index (χ4v) is 4.35. The molecule has 1 unspecified atom stereocenters. The predicted molar refractivity (Wildman–Crippen MR) is 120 cm³/mol. The molecule has 0 saturated carbocycles. The summed E-state index contributed by atoms with van der Waals surface area (Å²) in [6.45, 7) is 3.64. The molecule has 1 aliphatic rings. The van der Waals surface area contributed by atoms with Crippen molar-refractivity contribution >= 4 is 29.1 Å². The molecular formula is C23H29N3O4S. The highest BCUT2D eigenvalue weighted by Crippen LogP contribution is 2.24. The predicted octanol–water partition coefficient (Wildman–Crippen LogP) is 2.93. The van der Waals surface area contributed by atoms with Gasteiger partial charge in [-0.05, 0) is 60.9 Å². The number of likely N-dealkylation sites (tertiary alicyclic amines) is 1. The van der Waals surface area contributed by atoms with Gasteiger partial charge >= 0.3 is 0 Å². The highest BCUT2D eigenvalue weighted by molar-refractivity contribution is 7.12. The molecule has 3 rings (SSSR count). The molecule has 166 valence electrons. The molecule has 8 heteroatoms. The van der Waals surface area contributed by atoms with E-state index < -0.39 is 6.04 Å². The molecular weight excluding hydrogens is 414 g/mol. The Kier molecular flexibility index (Phi) is 8.06. The van der Waals surface area contributed by atoms with E-state index in [0.29, 0.717) is 48.7 Å². The van der Waals surface area contributed by atoms with Crippen LogP contribution in [0.1, 0.15) is 46.2 Å². The number of nitrogens with zero attached hydrogens (tertiary/aromatic N) is 1. The van der Waals surface area contributed by atoms with Crippen molar-refractivity contribution < 1.29 is 19.1 Å². The molecule has 0 aliphatic carbocycles. The van der Waals surface area contributed by atoms with E-state index in [1.165, 1.54) is 11.3 Å². The number of rotatable bonds is 8. The minimum atomic E-state index is -0.612. The van der Waals surface area contributed by atoms with Crippen LogP contribution in [0.3, 0.4) is 0 Å². The summed E-state index contributed by atoms with van der Waals surface area (Å²) < 4.78 is 5.15. The SMILES string of the molecule is CCCNC(=O)C(NC(=O)c1cccs1)C1CCN(C(=O)c2ccc(OC)cc2)CC1. The zero-order valence-electron chi connectivity index (χ0n) is 17.9. The highest BCUT2D eigenvalue weighted by Gasteiger charge is 2.34. The maximum absolute atomic E-state index is 12.8. The number of benzene rings is 1. The number of carbonyl (C=O) groups is 3. The number of hydrogen-bond donors (Lipinski definition) is 2. The van der Waals surface area contributed by atoms with Gasteiger partial charge in [-0.25, -0.2) is 0 Å². The van der Waals surface area contributed by atoms with E-state index in [-0.39, 0.29) is 23.6 Å². The number of methoxy groups -OCH3 is 1. The van der Waals surface area contributed by atoms with Crippen molar-refractivity contribution in [2.24, 2.45) is 5.92 Å². The van der Waals surface area contributed by atoms with Crippen molar-refractivity contribution in [3.05, 3.63) is 52.2 Å². The molecule has 2 aromatic rings. The normalized spacial score (nSPS) is 15.2. The Morgan fingerprint density at radius 1 is 1.16 bits per heavy atom. The van der Waals surface area contributed by atoms with Crippen molar-refractivity contribution in [2.45, 2.75) is 32.2 Å². The van der Waals surface area contributed by atoms with Crippen LogP contribution in [-0.4, -0.2) is 55.4 Å². The average molecular weight is 444 g/mol. The third-order valence-electron chi connectivity index (χ3n) is 5.50. The second-order valence-electron chi connectivity index (χ2n) is 7.58. The minimum absolute atomic E-state index is 0.0271. The Bertz CT molecular complexity index is 875. The van der Waals surface area contributed by atoms with Crippen LogP contribution in [0.5, 0.6) is 5.75 Å². The molecule has 7 nitrogen and oxygen atoms in total. The topological polar surface area (TPSA) is 87.7 Å². The Hall–Kier alpha value is -2.87. The van der Waals surface area contributed by atoms with Crippen molar-refractivity contribution in [3.8, 4) is 5.75 Å². The molecule has 1 saturated heterocycles. The lowest BCUT2D eigenvalue weighted by atomic mass is 9.88. The van der Waals surface area contributed by atoms with Crippen molar-refractivity contribution in [2.75, 3.05) is 26.7 Å². The third-order valence-corrected chi connectivity index (χ3v) is 6.37. The first kappa shape index (κ1) is 22.8. The van der Waals surface area contributed by atoms with E-state index in [1.807, 2.05) is 18.4 Å². The zero-order valence-corrected chi connectivity index (χ0v) is 18.7. The van der Waals surface area contributed by atoms with E-state index in [4.69, 9.17) is 4.74 Å². The number of ether oxygens (including phenoxy) is 1. The molecule has 1 fully saturated rings. The van der Waals surface area contributed by atoms with Crippen LogP contribution >= 0.6 is 11.3 Å². The first-order valence-corrected chi connectivity index (χ1v) is 11.5. The molecule has 0 bridgehead atoms. The summed E-state index contributed by atoms with van der Waals surface area (Å²) in [7, 11) is 1.59. The van der Waals surface area contributed by atoms with Crippen molar-refractivity contribution in [3.63, 3.8) is 0 Å². The molecule has 2 N–H and O–H groups in total. The van der Waals surface area contributed by atoms with Gasteiger partial charge in [0.15, 0.2) is 0 Å². The molecule has 2 heterocycles. The summed E-state index contributed by atoms with van der Waals surface area (Å²) in [5.74, 6) is 0.254. The van der Waals surface area contributed by atoms with Gasteiger partial charge in [-0.1, -0.05) is 13.0 Å². The minimum Gasteiger partial charge on any atom is -0.497 e. The average Bonchev–Trinajstić information content (AvgIpc) is 3.36. The van der Waals surface area contributed by atoms with Crippen LogP contribution in [0.25, 0.3) is 0 Å². The van der Waals surface area contributed by atoms with Crippen LogP contribution in [0.2, 0.25) is 0 Å². The molecule has 31 heavy (non-hydrogen) atoms. The van der Waals surface area contributed by atoms with Gasteiger partial charge in [-0.15, -0.1) is 11.3 Å². The van der Waals surface area contributed by atoms with Gasteiger partial charge in [0.05, 0.1) is 12.0 Å². The number of amides is 3. The lowest BCUT2D eigenvalue weighted by Crippen LogP contribution is -2.53. The van der Waals surface area contributed by atoms with E-state index in [0.717, 1.165) is 6.42 Å². The summed E-state index contributed by atoms with van der Waals surface area (Å²) >= 11 is 1.35. The van der Waals surface area contributed by atoms with Gasteiger partial charge in [-0.2, -0.15) is 0 Å². The molecule has 1 aliphatic heterocycles. The lowest BCUT2D eigenvalue weighted by Gasteiger charge is -2.35. The number of thiophene rings is 1. The van der Waals surface area contributed by atoms with Gasteiger partial charge in [0.2, 0.25) is 5.91 Å². The van der Waals surface area contributed by atoms with Crippen molar-refractivity contribution in [1.82, 2.24) is 15.5 Å². The molecule has 1 atom stereocenters. The smallest absolute Gasteiger partial charge is 0.262 e. The van der Waals surface area contributed by atoms with Gasteiger partial charge in [0, 0.05) is 25.2 Å². The Morgan fingerprint density at radius 2 is 1.87 bits per heavy atom. The monoisotopic (exact) mass is 443 g/mol. The molecule has 0 radical (unpaired) electrons. The van der Waals surface area contributed by atoms with Crippen LogP contribution in [0.4, 0.5) is 0 Å². The fraction of sp³-hybridized carbons (Fsp3) is 0.435. The van der Waals surface area contributed by atoms with Crippen LogP contribution < -0.4 is 15.4 Å². The summed E-state index contributed by atoms with van der Waals surface area (Å²) in [5, 5.41) is 7.67. The zero-order chi connectivity index (χ0) is 22.2. The number of hydrogen-bond acceptors (Lipinski definition) is 5. The van der Waals surface area contributed by atoms with Crippen LogP contribution in [-0.2, 0) is 4.79 Å². The van der Waals surface area contributed by atoms with E-state index in [1.54, 1.807) is 42.3 Å². The standard InChI is InChI=1S/C23H29N3O4S/c1-3-12-24-22(28)20(25-21(27)19-5-4-15-31-19)16-10-13-26(14-11-16)23(29)17-6-8-18(30-2)9-7-17/h4-9,15-16,20H,3,10-14H2,1-2H3,(H,24,28)(H,25,27). The van der Waals surface area contributed by atoms with E-state index in [2.05, 4.69) is 10.6 Å². The summed E-state index contributed by atoms with van der Waals surface area (Å²) in [4.78, 5) is 40.6. The van der Waals surface area contributed by atoms with Crippen LogP contribution in [0, 0.1) is 5.92 Å². The number of nitrogens with one attached hydrogen (secondary N) is 2. The highest BCUT2D eigenvalue weighted by atomic mass is 32.1. The quantitative estimate of drug-likeness (QED) is 0.657. The molecule has 0 spiro atoms. The first-order chi connectivity index (χ1) is 15.0. The van der Waals surface area contributed by atoms with Gasteiger partial charge in [0.1, 0.15) is 11.8 Å². The summed E-state index contributed by atoms with van der Waals surface area (Å²) in [5.41, 5.74) is 0.613. The maximum atomic E-state index is 12.8. The lowest BCUT2D eigenvalue weighted by molar-refractivity contribution is -0.124. The Morgan fingerprint density at radius 3 is 2.45 bits per heavy atom. The van der Waals surface area contributed by atoms with Gasteiger partial charge < -0.3 is 20.3 Å². The van der Waals surface area contributed by atoms with Gasteiger partial charge in [0.25, 0.3) is 11.8 Å². The molecule has 1 aromatic carbocycles. The maximum Gasteiger partial charge on any atom is 0.262 e. The summed E-state index contributed by atoms with van der Waals surface area (Å²) in [6.07, 6.45) is 2.12. The first-order valence-electron chi connectivity index (χ1n) is 10.6. The van der Waals surface area contributed by atoms with E-state index in [9.17, 15) is 14.4 Å². The van der Waals surface area contributed by atoms with Crippen LogP contribution in [0.15, 0.2) is 41.8 Å². The third kappa shape index (κ3) is 5.85. The molecule has 3 amide bonds. The largest absolute Gasteiger partial charge is 0.497 e. The van der Waals surface area contributed by atoms with E-state index >= 15 is 0 Å².